The number of carbonyl (C=O) groups is 1. The number of hydrogen-bond acceptors (Lipinski definition) is 4. The molecule has 0 bridgehead atoms. The first-order valence-electron chi connectivity index (χ1n) is 10.4. The van der Waals surface area contributed by atoms with Crippen LogP contribution in [0.4, 0.5) is 0 Å². The molecule has 1 amide bonds. The third-order valence-corrected chi connectivity index (χ3v) is 6.71. The van der Waals surface area contributed by atoms with Crippen molar-refractivity contribution >= 4 is 5.91 Å². The van der Waals surface area contributed by atoms with Crippen LogP contribution in [-0.2, 0) is 4.74 Å². The lowest BCUT2D eigenvalue weighted by Crippen LogP contribution is -2.44. The van der Waals surface area contributed by atoms with Crippen molar-refractivity contribution in [2.75, 3.05) is 39.3 Å². The van der Waals surface area contributed by atoms with Crippen LogP contribution in [0, 0.1) is 12.3 Å². The molecule has 3 aliphatic heterocycles. The van der Waals surface area contributed by atoms with Crippen LogP contribution in [0.5, 0.6) is 0 Å². The van der Waals surface area contributed by atoms with E-state index in [2.05, 4.69) is 4.90 Å². The quantitative estimate of drug-likeness (QED) is 0.886. The second kappa shape index (κ2) is 7.90. The predicted octanol–water partition coefficient (Wildman–Crippen LogP) is 2.46. The number of ether oxygens (including phenoxy) is 1. The fraction of sp³-hybridized carbons (Fsp3) is 0.682. The Labute approximate surface area is 162 Å². The van der Waals surface area contributed by atoms with E-state index in [4.69, 9.17) is 4.74 Å². The molecule has 4 rings (SSSR count). The minimum absolute atomic E-state index is 0.118. The fourth-order valence-corrected chi connectivity index (χ4v) is 4.81. The molecule has 0 radical (unpaired) electrons. The van der Waals surface area contributed by atoms with Gasteiger partial charge in [0.25, 0.3) is 5.91 Å². The minimum atomic E-state index is -0.118. The number of hydrogen-bond donors (Lipinski definition) is 1. The molecular formula is C22H32N2O3. The van der Waals surface area contributed by atoms with Crippen LogP contribution in [0.25, 0.3) is 0 Å². The van der Waals surface area contributed by atoms with E-state index in [1.54, 1.807) is 0 Å². The Morgan fingerprint density at radius 2 is 1.81 bits per heavy atom. The van der Waals surface area contributed by atoms with Crippen LogP contribution in [0.1, 0.15) is 48.0 Å². The van der Waals surface area contributed by atoms with E-state index in [-0.39, 0.29) is 17.4 Å². The van der Waals surface area contributed by atoms with Gasteiger partial charge in [0.15, 0.2) is 0 Å². The van der Waals surface area contributed by atoms with Gasteiger partial charge >= 0.3 is 0 Å². The van der Waals surface area contributed by atoms with Crippen molar-refractivity contribution in [1.29, 1.82) is 0 Å². The maximum Gasteiger partial charge on any atom is 0.253 e. The normalized spacial score (nSPS) is 26.6. The van der Waals surface area contributed by atoms with Gasteiger partial charge < -0.3 is 19.6 Å². The molecule has 5 nitrogen and oxygen atoms in total. The highest BCUT2D eigenvalue weighted by molar-refractivity contribution is 5.94. The first kappa shape index (κ1) is 18.9. The Kier molecular flexibility index (Phi) is 5.53. The lowest BCUT2D eigenvalue weighted by molar-refractivity contribution is 0.0302. The Bertz CT molecular complexity index is 644. The van der Waals surface area contributed by atoms with Crippen LogP contribution in [0.3, 0.4) is 0 Å². The molecule has 1 atom stereocenters. The van der Waals surface area contributed by atoms with Crippen LogP contribution in [0.15, 0.2) is 24.3 Å². The molecule has 1 N–H and O–H groups in total. The number of benzene rings is 1. The zero-order valence-electron chi connectivity index (χ0n) is 16.4. The summed E-state index contributed by atoms with van der Waals surface area (Å²) in [6.07, 6.45) is 5.15. The summed E-state index contributed by atoms with van der Waals surface area (Å²) in [5.74, 6) is 0.159. The van der Waals surface area contributed by atoms with Crippen LogP contribution in [0.2, 0.25) is 0 Å². The SMILES string of the molecule is Cc1ccc(C(=O)N2CCC3(CC2)COC(CN2CCC(O)CC2)C3)cc1. The van der Waals surface area contributed by atoms with Crippen molar-refractivity contribution in [1.82, 2.24) is 9.80 Å². The van der Waals surface area contributed by atoms with Gasteiger partial charge in [-0.3, -0.25) is 4.79 Å². The summed E-state index contributed by atoms with van der Waals surface area (Å²) >= 11 is 0. The molecule has 3 saturated heterocycles. The molecule has 3 fully saturated rings. The summed E-state index contributed by atoms with van der Waals surface area (Å²) in [5.41, 5.74) is 2.23. The van der Waals surface area contributed by atoms with Crippen LogP contribution < -0.4 is 0 Å². The molecule has 1 unspecified atom stereocenters. The second-order valence-electron chi connectivity index (χ2n) is 8.83. The molecule has 5 heteroatoms. The van der Waals surface area contributed by atoms with E-state index in [9.17, 15) is 9.90 Å². The molecule has 0 saturated carbocycles. The molecule has 148 valence electrons. The third-order valence-electron chi connectivity index (χ3n) is 6.71. The Hall–Kier alpha value is -1.43. The van der Waals surface area contributed by atoms with Gasteiger partial charge in [-0.2, -0.15) is 0 Å². The fourth-order valence-electron chi connectivity index (χ4n) is 4.81. The standard InChI is InChI=1S/C22H32N2O3/c1-17-2-4-18(5-3-17)21(26)24-12-8-22(9-13-24)14-20(27-16-22)15-23-10-6-19(25)7-11-23/h2-5,19-20,25H,6-16H2,1H3. The van der Waals surface area contributed by atoms with Crippen molar-refractivity contribution < 1.29 is 14.6 Å². The Morgan fingerprint density at radius 3 is 2.48 bits per heavy atom. The number of amides is 1. The van der Waals surface area contributed by atoms with Crippen molar-refractivity contribution in [2.45, 2.75) is 51.2 Å². The van der Waals surface area contributed by atoms with Crippen molar-refractivity contribution in [2.24, 2.45) is 5.41 Å². The lowest BCUT2D eigenvalue weighted by atomic mass is 9.76. The molecular weight excluding hydrogens is 340 g/mol. The maximum absolute atomic E-state index is 12.7. The summed E-state index contributed by atoms with van der Waals surface area (Å²) in [5, 5.41) is 9.66. The molecule has 0 aromatic heterocycles. The molecule has 3 heterocycles. The van der Waals surface area contributed by atoms with E-state index >= 15 is 0 Å². The molecule has 3 aliphatic rings. The second-order valence-corrected chi connectivity index (χ2v) is 8.83. The highest BCUT2D eigenvalue weighted by Crippen LogP contribution is 2.42. The molecule has 1 spiro atoms. The number of aliphatic hydroxyl groups excluding tert-OH is 1. The first-order chi connectivity index (χ1) is 13.0. The van der Waals surface area contributed by atoms with Gasteiger partial charge in [-0.05, 0) is 56.6 Å². The van der Waals surface area contributed by atoms with Gasteiger partial charge in [0, 0.05) is 38.3 Å². The zero-order valence-corrected chi connectivity index (χ0v) is 16.4. The molecule has 0 aliphatic carbocycles. The van der Waals surface area contributed by atoms with Gasteiger partial charge in [-0.25, -0.2) is 0 Å². The van der Waals surface area contributed by atoms with E-state index in [1.165, 1.54) is 5.56 Å². The minimum Gasteiger partial charge on any atom is -0.393 e. The summed E-state index contributed by atoms with van der Waals surface area (Å²) in [4.78, 5) is 17.2. The number of aryl methyl sites for hydroxylation is 1. The van der Waals surface area contributed by atoms with E-state index in [1.807, 2.05) is 36.1 Å². The average Bonchev–Trinajstić information content (AvgIpc) is 3.06. The highest BCUT2D eigenvalue weighted by atomic mass is 16.5. The largest absolute Gasteiger partial charge is 0.393 e. The van der Waals surface area contributed by atoms with Crippen LogP contribution in [-0.4, -0.2) is 72.4 Å². The average molecular weight is 373 g/mol. The van der Waals surface area contributed by atoms with Crippen molar-refractivity contribution in [3.63, 3.8) is 0 Å². The summed E-state index contributed by atoms with van der Waals surface area (Å²) in [6, 6.07) is 7.89. The van der Waals surface area contributed by atoms with Gasteiger partial charge in [0.05, 0.1) is 18.8 Å². The number of likely N-dealkylation sites (tertiary alicyclic amines) is 2. The monoisotopic (exact) mass is 372 g/mol. The number of carbonyl (C=O) groups excluding carboxylic acids is 1. The van der Waals surface area contributed by atoms with Gasteiger partial charge in [0.1, 0.15) is 0 Å². The van der Waals surface area contributed by atoms with Crippen LogP contribution >= 0.6 is 0 Å². The number of piperidine rings is 2. The summed E-state index contributed by atoms with van der Waals surface area (Å²) in [7, 11) is 0. The van der Waals surface area contributed by atoms with E-state index in [0.29, 0.717) is 6.10 Å². The van der Waals surface area contributed by atoms with Gasteiger partial charge in [-0.15, -0.1) is 0 Å². The van der Waals surface area contributed by atoms with E-state index < -0.39 is 0 Å². The molecule has 1 aromatic carbocycles. The van der Waals surface area contributed by atoms with Crippen molar-refractivity contribution in [3.05, 3.63) is 35.4 Å². The topological polar surface area (TPSA) is 53.0 Å². The summed E-state index contributed by atoms with van der Waals surface area (Å²) < 4.78 is 6.16. The summed E-state index contributed by atoms with van der Waals surface area (Å²) in [6.45, 7) is 7.49. The Balaban J connectivity index is 1.27. The Morgan fingerprint density at radius 1 is 1.15 bits per heavy atom. The number of rotatable bonds is 3. The first-order valence-corrected chi connectivity index (χ1v) is 10.4. The van der Waals surface area contributed by atoms with Gasteiger partial charge in [-0.1, -0.05) is 17.7 Å². The number of aliphatic hydroxyl groups is 1. The van der Waals surface area contributed by atoms with E-state index in [0.717, 1.165) is 77.0 Å². The van der Waals surface area contributed by atoms with Gasteiger partial charge in [0.2, 0.25) is 0 Å². The molecule has 1 aromatic rings. The van der Waals surface area contributed by atoms with Crippen molar-refractivity contribution in [3.8, 4) is 0 Å². The number of nitrogens with zero attached hydrogens (tertiary/aromatic N) is 2. The predicted molar refractivity (Wildman–Crippen MR) is 105 cm³/mol. The zero-order chi connectivity index (χ0) is 18.9. The molecule has 27 heavy (non-hydrogen) atoms. The highest BCUT2D eigenvalue weighted by Gasteiger charge is 2.43. The smallest absolute Gasteiger partial charge is 0.253 e. The lowest BCUT2D eigenvalue weighted by Gasteiger charge is -2.38. The third kappa shape index (κ3) is 4.36. The maximum atomic E-state index is 12.7.